The van der Waals surface area contributed by atoms with E-state index in [0.29, 0.717) is 5.96 Å². The number of aliphatic imine (C=N–C) groups is 1. The topological polar surface area (TPSA) is 50.4 Å². The molecule has 0 unspecified atom stereocenters. The first-order valence-electron chi connectivity index (χ1n) is 4.55. The Morgan fingerprint density at radius 1 is 1.53 bits per heavy atom. The third-order valence-electron chi connectivity index (χ3n) is 1.73. The van der Waals surface area contributed by atoms with Crippen molar-refractivity contribution in [2.24, 2.45) is 10.7 Å². The third-order valence-corrected chi connectivity index (χ3v) is 3.72. The summed E-state index contributed by atoms with van der Waals surface area (Å²) in [6.45, 7) is 0. The van der Waals surface area contributed by atoms with E-state index >= 15 is 0 Å². The van der Waals surface area contributed by atoms with Gasteiger partial charge in [-0.15, -0.1) is 11.8 Å². The maximum absolute atomic E-state index is 5.62. The van der Waals surface area contributed by atoms with Crippen molar-refractivity contribution < 1.29 is 0 Å². The molecule has 0 aliphatic heterocycles. The van der Waals surface area contributed by atoms with Crippen LogP contribution in [0.2, 0.25) is 0 Å². The molecule has 3 N–H and O–H groups in total. The van der Waals surface area contributed by atoms with Crippen molar-refractivity contribution in [3.8, 4) is 0 Å². The summed E-state index contributed by atoms with van der Waals surface area (Å²) < 4.78 is 0. The Morgan fingerprint density at radius 2 is 2.27 bits per heavy atom. The fraction of sp³-hybridized carbons (Fsp3) is 0.300. The molecule has 0 spiro atoms. The van der Waals surface area contributed by atoms with Gasteiger partial charge >= 0.3 is 0 Å². The maximum Gasteiger partial charge on any atom is 0.192 e. The lowest BCUT2D eigenvalue weighted by atomic mass is 10.3. The minimum Gasteiger partial charge on any atom is -0.370 e. The number of thioether (sulfide) groups is 1. The van der Waals surface area contributed by atoms with Crippen LogP contribution in [0.4, 0.5) is 5.69 Å². The minimum absolute atomic E-state index is 0.432. The van der Waals surface area contributed by atoms with Crippen LogP contribution in [0.5, 0.6) is 0 Å². The van der Waals surface area contributed by atoms with Gasteiger partial charge in [-0.2, -0.15) is 0 Å². The molecule has 0 bridgehead atoms. The van der Waals surface area contributed by atoms with Gasteiger partial charge in [0.25, 0.3) is 0 Å². The van der Waals surface area contributed by atoms with Crippen molar-refractivity contribution in [2.75, 3.05) is 23.4 Å². The standard InChI is InChI=1S/C10H14BrN3S/c1-13-10(12)14-8-4-2-3-5-9(8)15-7-6-11/h2-5H,6-7H2,1H3,(H3,12,13,14). The fourth-order valence-electron chi connectivity index (χ4n) is 1.04. The molecule has 0 atom stereocenters. The second-order valence-corrected chi connectivity index (χ2v) is 4.70. The fourth-order valence-corrected chi connectivity index (χ4v) is 2.27. The first-order chi connectivity index (χ1) is 7.27. The SMILES string of the molecule is CN=C(N)Nc1ccccc1SCCBr. The molecule has 1 rings (SSSR count). The number of benzene rings is 1. The highest BCUT2D eigenvalue weighted by atomic mass is 79.9. The largest absolute Gasteiger partial charge is 0.370 e. The second-order valence-electron chi connectivity index (χ2n) is 2.77. The average Bonchev–Trinajstić information content (AvgIpc) is 2.28. The van der Waals surface area contributed by atoms with E-state index in [1.54, 1.807) is 18.8 Å². The number of halogens is 1. The molecule has 3 nitrogen and oxygen atoms in total. The zero-order valence-electron chi connectivity index (χ0n) is 8.53. The van der Waals surface area contributed by atoms with Crippen molar-refractivity contribution in [2.45, 2.75) is 4.90 Å². The van der Waals surface area contributed by atoms with Crippen LogP contribution in [0.25, 0.3) is 0 Å². The second kappa shape index (κ2) is 6.74. The predicted octanol–water partition coefficient (Wildman–Crippen LogP) is 2.53. The predicted molar refractivity (Wildman–Crippen MR) is 72.1 cm³/mol. The summed E-state index contributed by atoms with van der Waals surface area (Å²) in [7, 11) is 1.66. The van der Waals surface area contributed by atoms with Crippen LogP contribution in [0, 0.1) is 0 Å². The Labute approximate surface area is 103 Å². The van der Waals surface area contributed by atoms with Crippen molar-refractivity contribution in [3.63, 3.8) is 0 Å². The lowest BCUT2D eigenvalue weighted by molar-refractivity contribution is 1.35. The maximum atomic E-state index is 5.62. The lowest BCUT2D eigenvalue weighted by Gasteiger charge is -2.09. The third kappa shape index (κ3) is 4.13. The van der Waals surface area contributed by atoms with E-state index in [4.69, 9.17) is 5.73 Å². The van der Waals surface area contributed by atoms with Crippen molar-refractivity contribution >= 4 is 39.3 Å². The summed E-state index contributed by atoms with van der Waals surface area (Å²) >= 11 is 5.19. The molecule has 1 aromatic rings. The van der Waals surface area contributed by atoms with Crippen LogP contribution in [0.15, 0.2) is 34.2 Å². The Balaban J connectivity index is 2.76. The van der Waals surface area contributed by atoms with E-state index in [1.165, 1.54) is 4.90 Å². The summed E-state index contributed by atoms with van der Waals surface area (Å²) in [5, 5.41) is 4.04. The van der Waals surface area contributed by atoms with E-state index in [-0.39, 0.29) is 0 Å². The summed E-state index contributed by atoms with van der Waals surface area (Å²) in [6.07, 6.45) is 0. The van der Waals surface area contributed by atoms with Crippen LogP contribution in [0.1, 0.15) is 0 Å². The molecule has 0 aromatic heterocycles. The number of hydrogen-bond acceptors (Lipinski definition) is 2. The zero-order chi connectivity index (χ0) is 11.1. The van der Waals surface area contributed by atoms with Crippen LogP contribution >= 0.6 is 27.7 Å². The van der Waals surface area contributed by atoms with Crippen molar-refractivity contribution in [1.82, 2.24) is 0 Å². The highest BCUT2D eigenvalue weighted by Gasteiger charge is 2.02. The number of alkyl halides is 1. The molecule has 0 saturated carbocycles. The van der Waals surface area contributed by atoms with E-state index in [1.807, 2.05) is 18.2 Å². The Morgan fingerprint density at radius 3 is 2.93 bits per heavy atom. The van der Waals surface area contributed by atoms with Crippen molar-refractivity contribution in [3.05, 3.63) is 24.3 Å². The Bertz CT molecular complexity index is 341. The number of hydrogen-bond donors (Lipinski definition) is 2. The van der Waals surface area contributed by atoms with Gasteiger partial charge in [0.15, 0.2) is 5.96 Å². The molecule has 82 valence electrons. The van der Waals surface area contributed by atoms with Gasteiger partial charge in [0.2, 0.25) is 0 Å². The van der Waals surface area contributed by atoms with Crippen LogP contribution in [-0.4, -0.2) is 24.1 Å². The van der Waals surface area contributed by atoms with E-state index in [2.05, 4.69) is 32.3 Å². The molecule has 0 saturated heterocycles. The molecule has 0 heterocycles. The summed E-state index contributed by atoms with van der Waals surface area (Å²) in [6, 6.07) is 8.05. The summed E-state index contributed by atoms with van der Waals surface area (Å²) in [4.78, 5) is 5.05. The van der Waals surface area contributed by atoms with E-state index in [0.717, 1.165) is 16.8 Å². The van der Waals surface area contributed by atoms with E-state index in [9.17, 15) is 0 Å². The van der Waals surface area contributed by atoms with Gasteiger partial charge in [0.1, 0.15) is 0 Å². The average molecular weight is 288 g/mol. The highest BCUT2D eigenvalue weighted by molar-refractivity contribution is 9.09. The lowest BCUT2D eigenvalue weighted by Crippen LogP contribution is -2.22. The molecule has 5 heteroatoms. The van der Waals surface area contributed by atoms with Gasteiger partial charge in [-0.05, 0) is 12.1 Å². The molecule has 1 aromatic carbocycles. The number of rotatable bonds is 4. The normalized spacial score (nSPS) is 11.5. The molecule has 0 aliphatic rings. The minimum atomic E-state index is 0.432. The first kappa shape index (κ1) is 12.4. The molecule has 0 radical (unpaired) electrons. The summed E-state index contributed by atoms with van der Waals surface area (Å²) in [5.41, 5.74) is 6.63. The Hall–Kier alpha value is -0.680. The molecule has 0 aliphatic carbocycles. The molecule has 0 amide bonds. The molecule has 15 heavy (non-hydrogen) atoms. The smallest absolute Gasteiger partial charge is 0.192 e. The van der Waals surface area contributed by atoms with Gasteiger partial charge in [-0.1, -0.05) is 28.1 Å². The number of guanidine groups is 1. The van der Waals surface area contributed by atoms with Crippen LogP contribution in [-0.2, 0) is 0 Å². The number of nitrogens with one attached hydrogen (secondary N) is 1. The van der Waals surface area contributed by atoms with Crippen LogP contribution < -0.4 is 11.1 Å². The molecular formula is C10H14BrN3S. The Kier molecular flexibility index (Phi) is 5.57. The van der Waals surface area contributed by atoms with Gasteiger partial charge in [-0.25, -0.2) is 0 Å². The quantitative estimate of drug-likeness (QED) is 0.387. The first-order valence-corrected chi connectivity index (χ1v) is 6.65. The zero-order valence-corrected chi connectivity index (χ0v) is 10.9. The number of nitrogens with zero attached hydrogens (tertiary/aromatic N) is 1. The van der Waals surface area contributed by atoms with Crippen LogP contribution in [0.3, 0.4) is 0 Å². The number of anilines is 1. The van der Waals surface area contributed by atoms with Crippen molar-refractivity contribution in [1.29, 1.82) is 0 Å². The molecular weight excluding hydrogens is 274 g/mol. The van der Waals surface area contributed by atoms with Gasteiger partial charge in [-0.3, -0.25) is 4.99 Å². The highest BCUT2D eigenvalue weighted by Crippen LogP contribution is 2.26. The summed E-state index contributed by atoms with van der Waals surface area (Å²) in [5.74, 6) is 1.46. The van der Waals surface area contributed by atoms with Gasteiger partial charge in [0, 0.05) is 23.0 Å². The van der Waals surface area contributed by atoms with Gasteiger partial charge < -0.3 is 11.1 Å². The van der Waals surface area contributed by atoms with E-state index < -0.39 is 0 Å². The van der Waals surface area contributed by atoms with Gasteiger partial charge in [0.05, 0.1) is 5.69 Å². The number of nitrogens with two attached hydrogens (primary N) is 1. The monoisotopic (exact) mass is 287 g/mol. The molecule has 0 fully saturated rings. The number of para-hydroxylation sites is 1.